The molecule has 1 aromatic carbocycles. The maximum atomic E-state index is 12.2. The van der Waals surface area contributed by atoms with E-state index in [0.29, 0.717) is 6.42 Å². The van der Waals surface area contributed by atoms with Crippen LogP contribution in [0.25, 0.3) is 6.08 Å². The van der Waals surface area contributed by atoms with Crippen molar-refractivity contribution in [2.24, 2.45) is 5.92 Å². The molecule has 4 nitrogen and oxygen atoms in total. The van der Waals surface area contributed by atoms with Crippen molar-refractivity contribution in [1.29, 1.82) is 0 Å². The lowest BCUT2D eigenvalue weighted by Gasteiger charge is -2.30. The maximum Gasteiger partial charge on any atom is 0.156 e. The third-order valence-corrected chi connectivity index (χ3v) is 6.09. The van der Waals surface area contributed by atoms with E-state index in [1.54, 1.807) is 6.08 Å². The number of rotatable bonds is 10. The molecule has 0 aliphatic carbocycles. The van der Waals surface area contributed by atoms with Gasteiger partial charge in [-0.15, -0.1) is 0 Å². The first kappa shape index (κ1) is 22.0. The zero-order valence-corrected chi connectivity index (χ0v) is 18.2. The van der Waals surface area contributed by atoms with Crippen LogP contribution in [0, 0.1) is 5.92 Å². The van der Waals surface area contributed by atoms with Gasteiger partial charge in [0.15, 0.2) is 5.78 Å². The number of benzene rings is 1. The number of ether oxygens (including phenoxy) is 1. The Bertz CT molecular complexity index is 635. The third kappa shape index (κ3) is 8.31. The number of piperidine rings is 2. The number of likely N-dealkylation sites (tertiary alicyclic amines) is 2. The van der Waals surface area contributed by atoms with E-state index in [4.69, 9.17) is 4.74 Å². The molecule has 2 fully saturated rings. The summed E-state index contributed by atoms with van der Waals surface area (Å²) in [5.74, 6) is 1.88. The number of allylic oxidation sites excluding steroid dienone is 1. The average Bonchev–Trinajstić information content (AvgIpc) is 2.75. The molecule has 0 N–H and O–H groups in total. The molecular weight excluding hydrogens is 360 g/mol. The highest BCUT2D eigenvalue weighted by Gasteiger charge is 2.16. The molecule has 1 aromatic rings. The van der Waals surface area contributed by atoms with Gasteiger partial charge in [0.25, 0.3) is 0 Å². The first-order valence-electron chi connectivity index (χ1n) is 11.6. The quantitative estimate of drug-likeness (QED) is 0.424. The van der Waals surface area contributed by atoms with Gasteiger partial charge in [-0.05, 0) is 81.4 Å². The molecule has 3 rings (SSSR count). The van der Waals surface area contributed by atoms with Crippen molar-refractivity contribution < 1.29 is 9.53 Å². The van der Waals surface area contributed by atoms with Gasteiger partial charge >= 0.3 is 0 Å². The first-order valence-corrected chi connectivity index (χ1v) is 11.6. The minimum Gasteiger partial charge on any atom is -0.494 e. The number of carbonyl (C=O) groups excluding carboxylic acids is 1. The fourth-order valence-electron chi connectivity index (χ4n) is 4.37. The van der Waals surface area contributed by atoms with Gasteiger partial charge in [0.05, 0.1) is 6.61 Å². The van der Waals surface area contributed by atoms with Crippen LogP contribution in [-0.4, -0.2) is 61.5 Å². The SMILES string of the molecule is CC1CCCN(CCC(=O)/C=C/c2ccc(OCCCN3CCCCC3)cc2)C1. The highest BCUT2D eigenvalue weighted by molar-refractivity contribution is 5.93. The van der Waals surface area contributed by atoms with Gasteiger partial charge in [-0.3, -0.25) is 4.79 Å². The predicted octanol–water partition coefficient (Wildman–Crippen LogP) is 4.65. The summed E-state index contributed by atoms with van der Waals surface area (Å²) < 4.78 is 5.87. The summed E-state index contributed by atoms with van der Waals surface area (Å²) in [5.41, 5.74) is 1.05. The molecule has 4 heteroatoms. The van der Waals surface area contributed by atoms with E-state index in [1.807, 2.05) is 30.3 Å². The molecule has 1 unspecified atom stereocenters. The van der Waals surface area contributed by atoms with Crippen molar-refractivity contribution in [2.75, 3.05) is 45.9 Å². The van der Waals surface area contributed by atoms with Crippen LogP contribution in [-0.2, 0) is 4.79 Å². The topological polar surface area (TPSA) is 32.8 Å². The largest absolute Gasteiger partial charge is 0.494 e. The summed E-state index contributed by atoms with van der Waals surface area (Å²) in [6.07, 6.45) is 12.0. The average molecular weight is 399 g/mol. The van der Waals surface area contributed by atoms with Crippen LogP contribution >= 0.6 is 0 Å². The number of ketones is 1. The summed E-state index contributed by atoms with van der Waals surface area (Å²) in [6.45, 7) is 9.86. The van der Waals surface area contributed by atoms with Crippen molar-refractivity contribution in [3.8, 4) is 5.75 Å². The zero-order chi connectivity index (χ0) is 20.3. The second-order valence-corrected chi connectivity index (χ2v) is 8.77. The first-order chi connectivity index (χ1) is 14.2. The van der Waals surface area contributed by atoms with Gasteiger partial charge < -0.3 is 14.5 Å². The maximum absolute atomic E-state index is 12.2. The number of hydrogen-bond acceptors (Lipinski definition) is 4. The molecule has 0 radical (unpaired) electrons. The Labute approximate surface area is 176 Å². The molecule has 2 aliphatic rings. The lowest BCUT2D eigenvalue weighted by Crippen LogP contribution is -2.35. The molecule has 2 aliphatic heterocycles. The van der Waals surface area contributed by atoms with Crippen LogP contribution in [0.5, 0.6) is 5.75 Å². The van der Waals surface area contributed by atoms with Crippen molar-refractivity contribution >= 4 is 11.9 Å². The fraction of sp³-hybridized carbons (Fsp3) is 0.640. The lowest BCUT2D eigenvalue weighted by atomic mass is 10.00. The number of hydrogen-bond donors (Lipinski definition) is 0. The Balaban J connectivity index is 1.32. The van der Waals surface area contributed by atoms with Crippen molar-refractivity contribution in [3.05, 3.63) is 35.9 Å². The minimum atomic E-state index is 0.210. The van der Waals surface area contributed by atoms with Crippen LogP contribution < -0.4 is 4.74 Å². The van der Waals surface area contributed by atoms with Crippen LogP contribution in [0.2, 0.25) is 0 Å². The van der Waals surface area contributed by atoms with E-state index < -0.39 is 0 Å². The fourth-order valence-corrected chi connectivity index (χ4v) is 4.37. The standard InChI is InChI=1S/C25H38N2O2/c1-22-7-5-17-27(21-22)19-14-24(28)11-8-23-9-12-25(13-10-23)29-20-6-18-26-15-3-2-4-16-26/h8-13,22H,2-7,14-21H2,1H3/b11-8+. The molecule has 0 aromatic heterocycles. The molecule has 2 heterocycles. The molecule has 0 spiro atoms. The van der Waals surface area contributed by atoms with Gasteiger partial charge in [-0.2, -0.15) is 0 Å². The van der Waals surface area contributed by atoms with Crippen molar-refractivity contribution in [3.63, 3.8) is 0 Å². The molecule has 0 amide bonds. The van der Waals surface area contributed by atoms with Crippen LogP contribution in [0.4, 0.5) is 0 Å². The van der Waals surface area contributed by atoms with Gasteiger partial charge in [-0.25, -0.2) is 0 Å². The molecular formula is C25H38N2O2. The number of nitrogens with zero attached hydrogens (tertiary/aromatic N) is 2. The molecule has 0 saturated carbocycles. The molecule has 1 atom stereocenters. The van der Waals surface area contributed by atoms with Gasteiger partial charge in [0.1, 0.15) is 5.75 Å². The van der Waals surface area contributed by atoms with E-state index in [-0.39, 0.29) is 5.78 Å². The minimum absolute atomic E-state index is 0.210. The van der Waals surface area contributed by atoms with Crippen LogP contribution in [0.15, 0.2) is 30.3 Å². The lowest BCUT2D eigenvalue weighted by molar-refractivity contribution is -0.114. The highest BCUT2D eigenvalue weighted by atomic mass is 16.5. The summed E-state index contributed by atoms with van der Waals surface area (Å²) in [5, 5.41) is 0. The molecule has 160 valence electrons. The predicted molar refractivity (Wildman–Crippen MR) is 120 cm³/mol. The van der Waals surface area contributed by atoms with Crippen molar-refractivity contribution in [2.45, 2.75) is 51.9 Å². The summed E-state index contributed by atoms with van der Waals surface area (Å²) >= 11 is 0. The van der Waals surface area contributed by atoms with E-state index in [9.17, 15) is 4.79 Å². The highest BCUT2D eigenvalue weighted by Crippen LogP contribution is 2.16. The molecule has 29 heavy (non-hydrogen) atoms. The Morgan fingerprint density at radius 3 is 2.55 bits per heavy atom. The normalized spacial score (nSPS) is 21.5. The monoisotopic (exact) mass is 398 g/mol. The van der Waals surface area contributed by atoms with Crippen LogP contribution in [0.1, 0.15) is 57.4 Å². The van der Waals surface area contributed by atoms with E-state index in [0.717, 1.165) is 56.4 Å². The number of carbonyl (C=O) groups is 1. The summed E-state index contributed by atoms with van der Waals surface area (Å²) in [6, 6.07) is 8.05. The molecule has 2 saturated heterocycles. The zero-order valence-electron chi connectivity index (χ0n) is 18.2. The van der Waals surface area contributed by atoms with Gasteiger partial charge in [-0.1, -0.05) is 31.6 Å². The molecule has 0 bridgehead atoms. The summed E-state index contributed by atoms with van der Waals surface area (Å²) in [4.78, 5) is 17.1. The van der Waals surface area contributed by atoms with Gasteiger partial charge in [0, 0.05) is 26.1 Å². The van der Waals surface area contributed by atoms with Crippen LogP contribution in [0.3, 0.4) is 0 Å². The van der Waals surface area contributed by atoms with E-state index >= 15 is 0 Å². The van der Waals surface area contributed by atoms with Gasteiger partial charge in [0.2, 0.25) is 0 Å². The van der Waals surface area contributed by atoms with E-state index in [1.165, 1.54) is 45.2 Å². The Morgan fingerprint density at radius 2 is 1.79 bits per heavy atom. The summed E-state index contributed by atoms with van der Waals surface area (Å²) in [7, 11) is 0. The Hall–Kier alpha value is -1.65. The third-order valence-electron chi connectivity index (χ3n) is 6.09. The Morgan fingerprint density at radius 1 is 1.03 bits per heavy atom. The van der Waals surface area contributed by atoms with Crippen molar-refractivity contribution in [1.82, 2.24) is 9.80 Å². The smallest absolute Gasteiger partial charge is 0.156 e. The Kier molecular flexibility index (Phi) is 9.23. The van der Waals surface area contributed by atoms with E-state index in [2.05, 4.69) is 16.7 Å². The second kappa shape index (κ2) is 12.1. The second-order valence-electron chi connectivity index (χ2n) is 8.77.